The lowest BCUT2D eigenvalue weighted by molar-refractivity contribution is -0.134. The van der Waals surface area contributed by atoms with E-state index in [1.54, 1.807) is 53.7 Å². The van der Waals surface area contributed by atoms with Crippen LogP contribution in [0.15, 0.2) is 12.2 Å². The zero-order valence-corrected chi connectivity index (χ0v) is 16.0. The van der Waals surface area contributed by atoms with Crippen LogP contribution in [0.25, 0.3) is 0 Å². The quantitative estimate of drug-likeness (QED) is 0.564. The Kier molecular flexibility index (Phi) is 4.91. The van der Waals surface area contributed by atoms with Gasteiger partial charge in [-0.2, -0.15) is 0 Å². The van der Waals surface area contributed by atoms with Crippen LogP contribution in [0.2, 0.25) is 0 Å². The highest BCUT2D eigenvalue weighted by Gasteiger charge is 2.62. The molecular weight excluding hydrogens is 340 g/mol. The van der Waals surface area contributed by atoms with Gasteiger partial charge in [-0.05, 0) is 48.0 Å². The van der Waals surface area contributed by atoms with Crippen LogP contribution in [-0.4, -0.2) is 51.6 Å². The van der Waals surface area contributed by atoms with Crippen LogP contribution in [-0.2, 0) is 19.1 Å². The smallest absolute Gasteiger partial charge is 0.417 e. The Balaban J connectivity index is 2.34. The first-order chi connectivity index (χ1) is 11.8. The molecule has 2 bridgehead atoms. The van der Waals surface area contributed by atoms with Crippen molar-refractivity contribution in [3.05, 3.63) is 12.2 Å². The number of carbonyl (C=O) groups is 4. The van der Waals surface area contributed by atoms with E-state index in [2.05, 4.69) is 5.32 Å². The molecular formula is C18H26N2O6. The Labute approximate surface area is 152 Å². The molecule has 0 saturated carbocycles. The largest absolute Gasteiger partial charge is 0.444 e. The van der Waals surface area contributed by atoms with Crippen LogP contribution in [0.4, 0.5) is 9.59 Å². The monoisotopic (exact) mass is 366 g/mol. The van der Waals surface area contributed by atoms with Gasteiger partial charge in [0, 0.05) is 6.42 Å². The van der Waals surface area contributed by atoms with Crippen molar-refractivity contribution < 1.29 is 28.7 Å². The summed E-state index contributed by atoms with van der Waals surface area (Å²) in [6.45, 7) is 10.0. The fourth-order valence-electron chi connectivity index (χ4n) is 2.91. The maximum atomic E-state index is 13.0. The summed E-state index contributed by atoms with van der Waals surface area (Å²) < 4.78 is 10.5. The molecule has 1 aliphatic carbocycles. The van der Waals surface area contributed by atoms with Gasteiger partial charge in [0.25, 0.3) is 5.91 Å². The van der Waals surface area contributed by atoms with Crippen molar-refractivity contribution >= 4 is 23.9 Å². The van der Waals surface area contributed by atoms with Gasteiger partial charge in [-0.25, -0.2) is 14.5 Å². The molecule has 0 spiro atoms. The first kappa shape index (κ1) is 19.9. The summed E-state index contributed by atoms with van der Waals surface area (Å²) in [4.78, 5) is 51.5. The Bertz CT molecular complexity index is 670. The van der Waals surface area contributed by atoms with E-state index >= 15 is 0 Å². The molecule has 3 amide bonds. The SMILES string of the molecule is CC(C)(C)OC(=O)NC12CC=CCC(C1=O)N(C(=O)OC(C)(C)C)C2=O. The van der Waals surface area contributed by atoms with Crippen molar-refractivity contribution in [3.8, 4) is 0 Å². The van der Waals surface area contributed by atoms with Crippen molar-refractivity contribution in [2.75, 3.05) is 0 Å². The third kappa shape index (κ3) is 3.89. The maximum Gasteiger partial charge on any atom is 0.417 e. The van der Waals surface area contributed by atoms with Crippen LogP contribution in [0, 0.1) is 0 Å². The van der Waals surface area contributed by atoms with E-state index < -0.39 is 46.7 Å². The molecule has 26 heavy (non-hydrogen) atoms. The molecule has 1 heterocycles. The molecule has 2 aliphatic rings. The van der Waals surface area contributed by atoms with Crippen molar-refractivity contribution in [3.63, 3.8) is 0 Å². The summed E-state index contributed by atoms with van der Waals surface area (Å²) in [5.74, 6) is -1.33. The molecule has 2 atom stereocenters. The van der Waals surface area contributed by atoms with E-state index in [0.717, 1.165) is 4.90 Å². The second kappa shape index (κ2) is 6.41. The standard InChI is InChI=1S/C18H26N2O6/c1-16(2,3)25-14(23)19-18-10-8-7-9-11(12(18)21)20(13(18)22)15(24)26-17(4,5)6/h7-8,11H,9-10H2,1-6H3,(H,19,23). The number of ether oxygens (including phenoxy) is 2. The maximum absolute atomic E-state index is 13.0. The number of fused-ring (bicyclic) bond motifs is 2. The predicted molar refractivity (Wildman–Crippen MR) is 92.3 cm³/mol. The second-order valence-corrected chi connectivity index (χ2v) is 8.48. The zero-order valence-electron chi connectivity index (χ0n) is 16.0. The average molecular weight is 366 g/mol. The van der Waals surface area contributed by atoms with E-state index in [1.807, 2.05) is 0 Å². The number of rotatable bonds is 1. The zero-order chi connectivity index (χ0) is 19.9. The second-order valence-electron chi connectivity index (χ2n) is 8.48. The minimum absolute atomic E-state index is 0.0420. The first-order valence-corrected chi connectivity index (χ1v) is 8.54. The van der Waals surface area contributed by atoms with Gasteiger partial charge >= 0.3 is 12.2 Å². The lowest BCUT2D eigenvalue weighted by Gasteiger charge is -2.29. The Hall–Kier alpha value is -2.38. The number of amides is 3. The van der Waals surface area contributed by atoms with Gasteiger partial charge in [0.15, 0.2) is 11.3 Å². The summed E-state index contributed by atoms with van der Waals surface area (Å²) in [6, 6.07) is -1.01. The highest BCUT2D eigenvalue weighted by molar-refractivity contribution is 6.24. The van der Waals surface area contributed by atoms with Gasteiger partial charge < -0.3 is 9.47 Å². The molecule has 2 rings (SSSR count). The number of nitrogens with zero attached hydrogens (tertiary/aromatic N) is 1. The number of imide groups is 1. The Morgan fingerprint density at radius 3 is 2.19 bits per heavy atom. The number of alkyl carbamates (subject to hydrolysis) is 1. The van der Waals surface area contributed by atoms with Gasteiger partial charge in [0.1, 0.15) is 17.2 Å². The fraction of sp³-hybridized carbons (Fsp3) is 0.667. The molecule has 8 nitrogen and oxygen atoms in total. The van der Waals surface area contributed by atoms with E-state index in [-0.39, 0.29) is 12.8 Å². The third-order valence-electron chi connectivity index (χ3n) is 3.87. The molecule has 0 radical (unpaired) electrons. The number of hydrogen-bond acceptors (Lipinski definition) is 6. The summed E-state index contributed by atoms with van der Waals surface area (Å²) >= 11 is 0. The highest BCUT2D eigenvalue weighted by atomic mass is 16.6. The Morgan fingerprint density at radius 1 is 1.08 bits per heavy atom. The number of likely N-dealkylation sites (tertiary alicyclic amines) is 1. The molecule has 1 saturated heterocycles. The van der Waals surface area contributed by atoms with Gasteiger partial charge in [0.2, 0.25) is 0 Å². The first-order valence-electron chi connectivity index (χ1n) is 8.54. The van der Waals surface area contributed by atoms with Gasteiger partial charge in [0.05, 0.1) is 0 Å². The van der Waals surface area contributed by atoms with Gasteiger partial charge in [-0.15, -0.1) is 0 Å². The summed E-state index contributed by atoms with van der Waals surface area (Å²) in [5, 5.41) is 2.41. The topological polar surface area (TPSA) is 102 Å². The molecule has 1 fully saturated rings. The normalized spacial score (nSPS) is 25.8. The number of Topliss-reactive ketones (excluding diaryl/α,β-unsaturated/α-hetero) is 1. The lowest BCUT2D eigenvalue weighted by Crippen LogP contribution is -2.59. The highest BCUT2D eigenvalue weighted by Crippen LogP contribution is 2.34. The predicted octanol–water partition coefficient (Wildman–Crippen LogP) is 2.31. The molecule has 0 aromatic rings. The number of carbonyl (C=O) groups excluding carboxylic acids is 4. The molecule has 1 N–H and O–H groups in total. The lowest BCUT2D eigenvalue weighted by atomic mass is 9.91. The summed E-state index contributed by atoms with van der Waals surface area (Å²) in [6.07, 6.45) is 1.72. The van der Waals surface area contributed by atoms with Crippen LogP contribution in [0.1, 0.15) is 54.4 Å². The van der Waals surface area contributed by atoms with E-state index in [9.17, 15) is 19.2 Å². The van der Waals surface area contributed by atoms with Crippen molar-refractivity contribution in [1.82, 2.24) is 10.2 Å². The minimum atomic E-state index is -1.85. The molecule has 0 aromatic carbocycles. The number of nitrogens with one attached hydrogen (secondary N) is 1. The molecule has 0 aromatic heterocycles. The molecule has 144 valence electrons. The summed E-state index contributed by atoms with van der Waals surface area (Å²) in [7, 11) is 0. The van der Waals surface area contributed by atoms with Crippen LogP contribution in [0.5, 0.6) is 0 Å². The van der Waals surface area contributed by atoms with Crippen molar-refractivity contribution in [2.45, 2.75) is 77.2 Å². The number of ketones is 1. The Morgan fingerprint density at radius 2 is 1.65 bits per heavy atom. The molecule has 2 unspecified atom stereocenters. The van der Waals surface area contributed by atoms with Crippen LogP contribution < -0.4 is 5.32 Å². The summed E-state index contributed by atoms with van der Waals surface area (Å²) in [5.41, 5.74) is -3.47. The fourth-order valence-corrected chi connectivity index (χ4v) is 2.91. The molecule has 1 aliphatic heterocycles. The van der Waals surface area contributed by atoms with E-state index in [4.69, 9.17) is 9.47 Å². The third-order valence-corrected chi connectivity index (χ3v) is 3.87. The number of hydrogen-bond donors (Lipinski definition) is 1. The average Bonchev–Trinajstić information content (AvgIpc) is 2.53. The van der Waals surface area contributed by atoms with Crippen LogP contribution >= 0.6 is 0 Å². The minimum Gasteiger partial charge on any atom is -0.444 e. The van der Waals surface area contributed by atoms with Gasteiger partial charge in [-0.1, -0.05) is 12.2 Å². The van der Waals surface area contributed by atoms with E-state index in [0.29, 0.717) is 0 Å². The van der Waals surface area contributed by atoms with Gasteiger partial charge in [-0.3, -0.25) is 14.9 Å². The van der Waals surface area contributed by atoms with Crippen LogP contribution in [0.3, 0.4) is 0 Å². The van der Waals surface area contributed by atoms with E-state index in [1.165, 1.54) is 0 Å². The van der Waals surface area contributed by atoms with Crippen molar-refractivity contribution in [2.24, 2.45) is 0 Å². The molecule has 8 heteroatoms. The van der Waals surface area contributed by atoms with Crippen molar-refractivity contribution in [1.29, 1.82) is 0 Å².